The molecule has 5 nitrogen and oxygen atoms in total. The number of carboxylic acids is 1. The number of aliphatic hydroxyl groups excluding tert-OH is 1. The summed E-state index contributed by atoms with van der Waals surface area (Å²) in [7, 11) is 0. The number of benzene rings is 1. The van der Waals surface area contributed by atoms with E-state index in [1.807, 2.05) is 12.1 Å². The molecule has 3 rings (SSSR count). The van der Waals surface area contributed by atoms with Crippen LogP contribution in [0.2, 0.25) is 0 Å². The summed E-state index contributed by atoms with van der Waals surface area (Å²) in [5, 5.41) is 18.4. The molecular formula is C16H17NO4. The lowest BCUT2D eigenvalue weighted by Gasteiger charge is -2.10. The third kappa shape index (κ3) is 2.97. The molecule has 1 aromatic carbocycles. The van der Waals surface area contributed by atoms with Gasteiger partial charge in [0, 0.05) is 17.9 Å². The molecular weight excluding hydrogens is 270 g/mol. The van der Waals surface area contributed by atoms with Gasteiger partial charge in [-0.15, -0.1) is 0 Å². The van der Waals surface area contributed by atoms with Crippen molar-refractivity contribution >= 4 is 5.97 Å². The Morgan fingerprint density at radius 2 is 2.10 bits per heavy atom. The van der Waals surface area contributed by atoms with Crippen molar-refractivity contribution in [3.05, 3.63) is 41.3 Å². The Morgan fingerprint density at radius 1 is 1.33 bits per heavy atom. The molecule has 1 aliphatic carbocycles. The number of hydrogen-bond acceptors (Lipinski definition) is 4. The van der Waals surface area contributed by atoms with Gasteiger partial charge in [-0.3, -0.25) is 4.79 Å². The van der Waals surface area contributed by atoms with Crippen LogP contribution in [0.3, 0.4) is 0 Å². The van der Waals surface area contributed by atoms with E-state index in [1.54, 1.807) is 12.3 Å². The zero-order valence-corrected chi connectivity index (χ0v) is 11.6. The summed E-state index contributed by atoms with van der Waals surface area (Å²) in [6, 6.07) is 5.48. The maximum atomic E-state index is 10.8. The Balaban J connectivity index is 1.98. The van der Waals surface area contributed by atoms with Gasteiger partial charge in [0.05, 0.1) is 12.8 Å². The number of carbonyl (C=O) groups is 1. The van der Waals surface area contributed by atoms with Crippen LogP contribution in [-0.4, -0.2) is 21.2 Å². The molecule has 1 aliphatic rings. The van der Waals surface area contributed by atoms with E-state index in [4.69, 9.17) is 9.52 Å². The predicted octanol–water partition coefficient (Wildman–Crippen LogP) is 2.73. The van der Waals surface area contributed by atoms with E-state index in [-0.39, 0.29) is 13.0 Å². The first-order valence-corrected chi connectivity index (χ1v) is 7.08. The minimum absolute atomic E-state index is 0.0398. The van der Waals surface area contributed by atoms with E-state index in [9.17, 15) is 9.90 Å². The van der Waals surface area contributed by atoms with Crippen LogP contribution in [0.5, 0.6) is 0 Å². The first-order valence-electron chi connectivity index (χ1n) is 7.08. The Morgan fingerprint density at radius 3 is 2.76 bits per heavy atom. The smallest absolute Gasteiger partial charge is 0.303 e. The second-order valence-corrected chi connectivity index (χ2v) is 5.35. The van der Waals surface area contributed by atoms with Crippen LogP contribution in [0.25, 0.3) is 11.5 Å². The monoisotopic (exact) mass is 287 g/mol. The number of hydrogen-bond donors (Lipinski definition) is 2. The molecule has 0 aliphatic heterocycles. The largest absolute Gasteiger partial charge is 0.481 e. The molecule has 0 amide bonds. The third-order valence-electron chi connectivity index (χ3n) is 3.73. The van der Waals surface area contributed by atoms with Crippen LogP contribution < -0.4 is 0 Å². The molecule has 1 aromatic heterocycles. The lowest BCUT2D eigenvalue weighted by atomic mass is 9.98. The molecule has 0 atom stereocenters. The number of carboxylic acid groups (broad SMARTS) is 1. The minimum Gasteiger partial charge on any atom is -0.481 e. The summed E-state index contributed by atoms with van der Waals surface area (Å²) in [4.78, 5) is 15.1. The Hall–Kier alpha value is -2.14. The van der Waals surface area contributed by atoms with Gasteiger partial charge < -0.3 is 14.6 Å². The number of rotatable bonds is 6. The quantitative estimate of drug-likeness (QED) is 0.853. The predicted molar refractivity (Wildman–Crippen MR) is 75.8 cm³/mol. The average molecular weight is 287 g/mol. The molecule has 5 heteroatoms. The van der Waals surface area contributed by atoms with Crippen molar-refractivity contribution in [1.82, 2.24) is 4.98 Å². The highest BCUT2D eigenvalue weighted by molar-refractivity contribution is 5.69. The molecule has 0 radical (unpaired) electrons. The fourth-order valence-corrected chi connectivity index (χ4v) is 2.47. The zero-order chi connectivity index (χ0) is 14.8. The number of aryl methyl sites for hydroxylation is 1. The summed E-state index contributed by atoms with van der Waals surface area (Å²) in [5.74, 6) is 0.972. The summed E-state index contributed by atoms with van der Waals surface area (Å²) in [6.45, 7) is -0.128. The van der Waals surface area contributed by atoms with Crippen molar-refractivity contribution in [3.63, 3.8) is 0 Å². The number of aliphatic carboxylic acids is 1. The second-order valence-electron chi connectivity index (χ2n) is 5.35. The van der Waals surface area contributed by atoms with Crippen molar-refractivity contribution in [2.75, 3.05) is 0 Å². The molecule has 0 bridgehead atoms. The summed E-state index contributed by atoms with van der Waals surface area (Å²) < 4.78 is 5.81. The molecule has 2 N–H and O–H groups in total. The van der Waals surface area contributed by atoms with E-state index in [0.29, 0.717) is 23.8 Å². The van der Waals surface area contributed by atoms with Gasteiger partial charge >= 0.3 is 5.97 Å². The molecule has 0 unspecified atom stereocenters. The van der Waals surface area contributed by atoms with Crippen LogP contribution in [0.4, 0.5) is 0 Å². The van der Waals surface area contributed by atoms with Crippen LogP contribution in [0.1, 0.15) is 42.1 Å². The molecule has 21 heavy (non-hydrogen) atoms. The molecule has 1 saturated carbocycles. The maximum absolute atomic E-state index is 10.8. The summed E-state index contributed by atoms with van der Waals surface area (Å²) in [6.07, 6.45) is 4.42. The Kier molecular flexibility index (Phi) is 3.75. The third-order valence-corrected chi connectivity index (χ3v) is 3.73. The fraction of sp³-hybridized carbons (Fsp3) is 0.375. The minimum atomic E-state index is -0.846. The van der Waals surface area contributed by atoms with Crippen molar-refractivity contribution in [3.8, 4) is 11.5 Å². The lowest BCUT2D eigenvalue weighted by molar-refractivity contribution is -0.136. The average Bonchev–Trinajstić information content (AvgIpc) is 3.22. The van der Waals surface area contributed by atoms with E-state index >= 15 is 0 Å². The van der Waals surface area contributed by atoms with Gasteiger partial charge in [0.1, 0.15) is 5.76 Å². The molecule has 2 aromatic rings. The lowest BCUT2D eigenvalue weighted by Crippen LogP contribution is -2.01. The van der Waals surface area contributed by atoms with E-state index in [1.165, 1.54) is 0 Å². The van der Waals surface area contributed by atoms with Crippen LogP contribution in [-0.2, 0) is 17.8 Å². The van der Waals surface area contributed by atoms with Crippen LogP contribution in [0, 0.1) is 0 Å². The highest BCUT2D eigenvalue weighted by Gasteiger charge is 2.28. The number of oxazole rings is 1. The van der Waals surface area contributed by atoms with Gasteiger partial charge in [-0.2, -0.15) is 0 Å². The van der Waals surface area contributed by atoms with Crippen molar-refractivity contribution in [2.45, 2.75) is 38.2 Å². The standard InChI is InChI=1S/C16H17NO4/c18-9-12-3-1-2-11(6-7-14(19)20)15(12)16-17-8-13(21-16)10-4-5-10/h1-3,8,10,18H,4-7,9H2,(H,19,20). The van der Waals surface area contributed by atoms with Gasteiger partial charge in [-0.05, 0) is 30.4 Å². The van der Waals surface area contributed by atoms with E-state index in [2.05, 4.69) is 4.98 Å². The zero-order valence-electron chi connectivity index (χ0n) is 11.6. The summed E-state index contributed by atoms with van der Waals surface area (Å²) in [5.41, 5.74) is 2.28. The maximum Gasteiger partial charge on any atom is 0.303 e. The van der Waals surface area contributed by atoms with Gasteiger partial charge in [0.15, 0.2) is 0 Å². The fourth-order valence-electron chi connectivity index (χ4n) is 2.47. The first kappa shape index (κ1) is 13.8. The van der Waals surface area contributed by atoms with Crippen molar-refractivity contribution < 1.29 is 19.4 Å². The highest BCUT2D eigenvalue weighted by atomic mass is 16.4. The molecule has 0 spiro atoms. The summed E-state index contributed by atoms with van der Waals surface area (Å²) >= 11 is 0. The second kappa shape index (κ2) is 5.69. The van der Waals surface area contributed by atoms with Gasteiger partial charge in [0.2, 0.25) is 5.89 Å². The number of aliphatic hydroxyl groups is 1. The first-order chi connectivity index (χ1) is 10.2. The molecule has 1 heterocycles. The highest BCUT2D eigenvalue weighted by Crippen LogP contribution is 2.41. The Bertz CT molecular complexity index is 658. The molecule has 1 fully saturated rings. The van der Waals surface area contributed by atoms with Crippen molar-refractivity contribution in [1.29, 1.82) is 0 Å². The van der Waals surface area contributed by atoms with Crippen molar-refractivity contribution in [2.24, 2.45) is 0 Å². The SMILES string of the molecule is O=C(O)CCc1cccc(CO)c1-c1ncc(C2CC2)o1. The van der Waals surface area contributed by atoms with E-state index < -0.39 is 5.97 Å². The van der Waals surface area contributed by atoms with Crippen LogP contribution >= 0.6 is 0 Å². The normalized spacial score (nSPS) is 14.3. The van der Waals surface area contributed by atoms with Gasteiger partial charge in [0.25, 0.3) is 0 Å². The van der Waals surface area contributed by atoms with Gasteiger partial charge in [-0.25, -0.2) is 4.98 Å². The van der Waals surface area contributed by atoms with Crippen LogP contribution in [0.15, 0.2) is 28.8 Å². The van der Waals surface area contributed by atoms with E-state index in [0.717, 1.165) is 29.7 Å². The topological polar surface area (TPSA) is 83.6 Å². The number of aromatic nitrogens is 1. The Labute approximate surface area is 122 Å². The number of nitrogens with zero attached hydrogens (tertiary/aromatic N) is 1. The molecule has 0 saturated heterocycles. The van der Waals surface area contributed by atoms with Gasteiger partial charge in [-0.1, -0.05) is 18.2 Å². The molecule has 110 valence electrons.